The Morgan fingerprint density at radius 2 is 1.28 bits per heavy atom. The Morgan fingerprint density at radius 1 is 0.793 bits per heavy atom. The molecule has 1 heterocycles. The van der Waals surface area contributed by atoms with Crippen LogP contribution in [0.3, 0.4) is 0 Å². The number of nitrogens with zero attached hydrogens (tertiary/aromatic N) is 2. The van der Waals surface area contributed by atoms with Crippen LogP contribution in [0.5, 0.6) is 0 Å². The number of hydrogen-bond acceptors (Lipinski definition) is 5. The summed E-state index contributed by atoms with van der Waals surface area (Å²) in [6.45, 7) is 0. The molecule has 0 spiro atoms. The number of benzene rings is 3. The van der Waals surface area contributed by atoms with Crippen molar-refractivity contribution in [3.05, 3.63) is 84.4 Å². The summed E-state index contributed by atoms with van der Waals surface area (Å²) < 4.78 is 5.82. The number of carboxylic acids is 1. The molecular weight excluding hydrogens is 366 g/mol. The average Bonchev–Trinajstić information content (AvgIpc) is 3.25. The lowest BCUT2D eigenvalue weighted by Crippen LogP contribution is -2.32. The Morgan fingerprint density at radius 3 is 1.83 bits per heavy atom. The van der Waals surface area contributed by atoms with Crippen molar-refractivity contribution >= 4 is 5.97 Å². The molecule has 1 aromatic heterocycles. The molecule has 144 valence electrons. The molecule has 0 unspecified atom stereocenters. The monoisotopic (exact) mass is 385 g/mol. The summed E-state index contributed by atoms with van der Waals surface area (Å²) in [7, 11) is 0. The SMILES string of the molecule is N[C@@H](Cc1ccc(-c2nnc(-c3ccc(-c4ccccc4)cc3)o2)cc1)C(=O)O. The van der Waals surface area contributed by atoms with Crippen LogP contribution in [0.25, 0.3) is 34.0 Å². The van der Waals surface area contributed by atoms with Gasteiger partial charge in [0.25, 0.3) is 0 Å². The second-order valence-electron chi connectivity index (χ2n) is 6.70. The van der Waals surface area contributed by atoms with E-state index in [2.05, 4.69) is 22.3 Å². The predicted octanol–water partition coefficient (Wildman–Crippen LogP) is 4.03. The van der Waals surface area contributed by atoms with Crippen molar-refractivity contribution in [1.29, 1.82) is 0 Å². The molecule has 6 heteroatoms. The average molecular weight is 385 g/mol. The van der Waals surface area contributed by atoms with Crippen LogP contribution in [0.1, 0.15) is 5.56 Å². The number of nitrogens with two attached hydrogens (primary N) is 1. The molecule has 0 aliphatic heterocycles. The largest absolute Gasteiger partial charge is 0.480 e. The minimum atomic E-state index is -1.02. The van der Waals surface area contributed by atoms with Crippen molar-refractivity contribution in [2.45, 2.75) is 12.5 Å². The van der Waals surface area contributed by atoms with Crippen LogP contribution in [-0.2, 0) is 11.2 Å². The number of carbonyl (C=O) groups is 1. The summed E-state index contributed by atoms with van der Waals surface area (Å²) in [6.07, 6.45) is 0.262. The van der Waals surface area contributed by atoms with Gasteiger partial charge in [-0.15, -0.1) is 10.2 Å². The highest BCUT2D eigenvalue weighted by Gasteiger charge is 2.14. The Hall–Kier alpha value is -3.77. The van der Waals surface area contributed by atoms with Crippen molar-refractivity contribution in [1.82, 2.24) is 10.2 Å². The number of hydrogen-bond donors (Lipinski definition) is 2. The van der Waals surface area contributed by atoms with Crippen LogP contribution in [0.2, 0.25) is 0 Å². The van der Waals surface area contributed by atoms with Gasteiger partial charge in [0.2, 0.25) is 11.8 Å². The lowest BCUT2D eigenvalue weighted by molar-refractivity contribution is -0.138. The second kappa shape index (κ2) is 8.08. The molecule has 0 bridgehead atoms. The van der Waals surface area contributed by atoms with Gasteiger partial charge in [0.15, 0.2) is 0 Å². The van der Waals surface area contributed by atoms with Crippen LogP contribution in [0.4, 0.5) is 0 Å². The van der Waals surface area contributed by atoms with Gasteiger partial charge in [0.1, 0.15) is 6.04 Å². The van der Waals surface area contributed by atoms with Gasteiger partial charge in [0, 0.05) is 11.1 Å². The Balaban J connectivity index is 1.50. The lowest BCUT2D eigenvalue weighted by Gasteiger charge is -2.06. The van der Waals surface area contributed by atoms with E-state index in [-0.39, 0.29) is 6.42 Å². The fourth-order valence-electron chi connectivity index (χ4n) is 3.02. The Labute approximate surface area is 167 Å². The van der Waals surface area contributed by atoms with Crippen LogP contribution in [0.15, 0.2) is 83.3 Å². The number of rotatable bonds is 6. The van der Waals surface area contributed by atoms with E-state index < -0.39 is 12.0 Å². The van der Waals surface area contributed by atoms with E-state index in [4.69, 9.17) is 15.3 Å². The number of aliphatic carboxylic acids is 1. The maximum Gasteiger partial charge on any atom is 0.320 e. The molecule has 4 rings (SSSR count). The van der Waals surface area contributed by atoms with E-state index in [0.29, 0.717) is 11.8 Å². The van der Waals surface area contributed by atoms with Gasteiger partial charge < -0.3 is 15.3 Å². The van der Waals surface area contributed by atoms with Crippen LogP contribution in [-0.4, -0.2) is 27.3 Å². The van der Waals surface area contributed by atoms with Gasteiger partial charge in [0.05, 0.1) is 0 Å². The molecule has 0 aliphatic rings. The van der Waals surface area contributed by atoms with Crippen molar-refractivity contribution in [3.63, 3.8) is 0 Å². The van der Waals surface area contributed by atoms with E-state index >= 15 is 0 Å². The predicted molar refractivity (Wildman–Crippen MR) is 110 cm³/mol. The highest BCUT2D eigenvalue weighted by atomic mass is 16.4. The maximum atomic E-state index is 10.9. The zero-order chi connectivity index (χ0) is 20.2. The molecule has 4 aromatic rings. The van der Waals surface area contributed by atoms with Crippen molar-refractivity contribution in [2.24, 2.45) is 5.73 Å². The first kappa shape index (κ1) is 18.6. The summed E-state index contributed by atoms with van der Waals surface area (Å²) in [6, 6.07) is 24.4. The molecule has 6 nitrogen and oxygen atoms in total. The van der Waals surface area contributed by atoms with E-state index in [0.717, 1.165) is 27.8 Å². The van der Waals surface area contributed by atoms with Gasteiger partial charge in [-0.05, 0) is 47.4 Å². The first-order chi connectivity index (χ1) is 14.1. The van der Waals surface area contributed by atoms with Gasteiger partial charge in [-0.25, -0.2) is 0 Å². The van der Waals surface area contributed by atoms with Crippen molar-refractivity contribution in [3.8, 4) is 34.0 Å². The molecule has 1 atom stereocenters. The summed E-state index contributed by atoms with van der Waals surface area (Å²) in [5.74, 6) is -0.174. The first-order valence-corrected chi connectivity index (χ1v) is 9.17. The van der Waals surface area contributed by atoms with Crippen molar-refractivity contribution < 1.29 is 14.3 Å². The third-order valence-corrected chi connectivity index (χ3v) is 4.64. The second-order valence-corrected chi connectivity index (χ2v) is 6.70. The van der Waals surface area contributed by atoms with E-state index in [9.17, 15) is 4.79 Å². The molecule has 3 aromatic carbocycles. The van der Waals surface area contributed by atoms with Gasteiger partial charge >= 0.3 is 5.97 Å². The summed E-state index contributed by atoms with van der Waals surface area (Å²) in [4.78, 5) is 10.9. The van der Waals surface area contributed by atoms with Crippen LogP contribution < -0.4 is 5.73 Å². The molecule has 0 amide bonds. The smallest absolute Gasteiger partial charge is 0.320 e. The van der Waals surface area contributed by atoms with E-state index in [1.54, 1.807) is 0 Å². The summed E-state index contributed by atoms with van der Waals surface area (Å²) in [5.41, 5.74) is 10.3. The standard InChI is InChI=1S/C23H19N3O3/c24-20(23(27)28)14-15-6-8-18(9-7-15)21-25-26-22(29-21)19-12-10-17(11-13-19)16-4-2-1-3-5-16/h1-13,20H,14,24H2,(H,27,28)/t20-/m0/s1. The third-order valence-electron chi connectivity index (χ3n) is 4.64. The lowest BCUT2D eigenvalue weighted by atomic mass is 10.0. The molecule has 0 radical (unpaired) electrons. The molecular formula is C23H19N3O3. The highest BCUT2D eigenvalue weighted by Crippen LogP contribution is 2.27. The van der Waals surface area contributed by atoms with Gasteiger partial charge in [-0.3, -0.25) is 4.79 Å². The fourth-order valence-corrected chi connectivity index (χ4v) is 3.02. The molecule has 0 aliphatic carbocycles. The minimum absolute atomic E-state index is 0.262. The zero-order valence-electron chi connectivity index (χ0n) is 15.5. The van der Waals surface area contributed by atoms with E-state index in [1.807, 2.05) is 66.7 Å². The highest BCUT2D eigenvalue weighted by molar-refractivity contribution is 5.73. The summed E-state index contributed by atoms with van der Waals surface area (Å²) >= 11 is 0. The third kappa shape index (κ3) is 4.23. The molecule has 29 heavy (non-hydrogen) atoms. The molecule has 0 saturated carbocycles. The zero-order valence-corrected chi connectivity index (χ0v) is 15.5. The first-order valence-electron chi connectivity index (χ1n) is 9.17. The topological polar surface area (TPSA) is 102 Å². The van der Waals surface area contributed by atoms with Gasteiger partial charge in [-0.1, -0.05) is 54.6 Å². The molecule has 0 fully saturated rings. The fraction of sp³-hybridized carbons (Fsp3) is 0.0870. The Bertz CT molecular complexity index is 1100. The number of aromatic nitrogens is 2. The van der Waals surface area contributed by atoms with Gasteiger partial charge in [-0.2, -0.15) is 0 Å². The molecule has 0 saturated heterocycles. The van der Waals surface area contributed by atoms with Crippen molar-refractivity contribution in [2.75, 3.05) is 0 Å². The Kier molecular flexibility index (Phi) is 5.18. The normalized spacial score (nSPS) is 11.9. The maximum absolute atomic E-state index is 10.9. The number of carboxylic acid groups (broad SMARTS) is 1. The summed E-state index contributed by atoms with van der Waals surface area (Å²) in [5, 5.41) is 17.2. The molecule has 3 N–H and O–H groups in total. The van der Waals surface area contributed by atoms with Crippen LogP contribution >= 0.6 is 0 Å². The minimum Gasteiger partial charge on any atom is -0.480 e. The van der Waals surface area contributed by atoms with E-state index in [1.165, 1.54) is 0 Å². The van der Waals surface area contributed by atoms with Crippen LogP contribution in [0, 0.1) is 0 Å². The quantitative estimate of drug-likeness (QED) is 0.520.